The molecule has 0 amide bonds. The van der Waals surface area contributed by atoms with Crippen molar-refractivity contribution in [3.8, 4) is 5.75 Å². The van der Waals surface area contributed by atoms with Crippen LogP contribution in [0.3, 0.4) is 0 Å². The molecule has 1 N–H and O–H groups in total. The average molecular weight is 479 g/mol. The SMILES string of the molecule is CCC(C(=O)Cc1c(C)cccc1C)[N+]1(Cc2ccccc2O)CCCCC1.O=CC(F)(F)F. The van der Waals surface area contributed by atoms with Crippen LogP contribution in [0.5, 0.6) is 5.75 Å². The van der Waals surface area contributed by atoms with Crippen molar-refractivity contribution in [1.29, 1.82) is 0 Å². The number of rotatable bonds is 7. The molecule has 1 aliphatic heterocycles. The number of hydrogen-bond donors (Lipinski definition) is 1. The Morgan fingerprint density at radius 1 is 1.03 bits per heavy atom. The third-order valence-corrected chi connectivity index (χ3v) is 6.73. The van der Waals surface area contributed by atoms with Gasteiger partial charge >= 0.3 is 6.18 Å². The number of carbonyl (C=O) groups is 2. The smallest absolute Gasteiger partial charge is 0.446 e. The number of carbonyl (C=O) groups excluding carboxylic acids is 2. The zero-order chi connectivity index (χ0) is 25.4. The maximum Gasteiger partial charge on any atom is 0.446 e. The van der Waals surface area contributed by atoms with Crippen molar-refractivity contribution in [1.82, 2.24) is 0 Å². The molecule has 0 radical (unpaired) electrons. The molecule has 4 nitrogen and oxygen atoms in total. The van der Waals surface area contributed by atoms with E-state index in [1.807, 2.05) is 18.2 Å². The van der Waals surface area contributed by atoms with Gasteiger partial charge < -0.3 is 9.59 Å². The first-order chi connectivity index (χ1) is 16.0. The Hall–Kier alpha value is -2.67. The van der Waals surface area contributed by atoms with Gasteiger partial charge in [0.05, 0.1) is 13.1 Å². The van der Waals surface area contributed by atoms with Gasteiger partial charge in [-0.15, -0.1) is 0 Å². The van der Waals surface area contributed by atoms with E-state index in [0.717, 1.165) is 48.9 Å². The van der Waals surface area contributed by atoms with Gasteiger partial charge in [-0.2, -0.15) is 13.2 Å². The number of nitrogens with zero attached hydrogens (tertiary/aromatic N) is 1. The number of benzene rings is 2. The summed E-state index contributed by atoms with van der Waals surface area (Å²) in [5.74, 6) is 0.694. The van der Waals surface area contributed by atoms with Crippen LogP contribution in [0, 0.1) is 13.8 Å². The van der Waals surface area contributed by atoms with Gasteiger partial charge in [-0.3, -0.25) is 9.59 Å². The molecule has 7 heteroatoms. The molecule has 0 spiro atoms. The van der Waals surface area contributed by atoms with Gasteiger partial charge in [-0.05, 0) is 61.9 Å². The zero-order valence-electron chi connectivity index (χ0n) is 20.2. The Bertz CT molecular complexity index is 946. The molecule has 1 heterocycles. The summed E-state index contributed by atoms with van der Waals surface area (Å²) in [6.07, 6.45) is -0.800. The van der Waals surface area contributed by atoms with E-state index in [0.29, 0.717) is 18.0 Å². The molecule has 1 saturated heterocycles. The molecule has 0 saturated carbocycles. The number of aryl methyl sites for hydroxylation is 2. The number of phenolic OH excluding ortho intramolecular Hbond substituents is 1. The van der Waals surface area contributed by atoms with Crippen LogP contribution in [0.2, 0.25) is 0 Å². The van der Waals surface area contributed by atoms with E-state index >= 15 is 0 Å². The van der Waals surface area contributed by atoms with Crippen LogP contribution in [-0.4, -0.2) is 47.0 Å². The first-order valence-electron chi connectivity index (χ1n) is 11.8. The minimum atomic E-state index is -4.64. The van der Waals surface area contributed by atoms with E-state index < -0.39 is 12.5 Å². The number of hydrogen-bond acceptors (Lipinski definition) is 3. The predicted molar refractivity (Wildman–Crippen MR) is 126 cm³/mol. The van der Waals surface area contributed by atoms with E-state index in [4.69, 9.17) is 4.79 Å². The van der Waals surface area contributed by atoms with Crippen molar-refractivity contribution in [3.05, 3.63) is 64.7 Å². The number of quaternary nitrogens is 1. The maximum absolute atomic E-state index is 13.5. The number of Topliss-reactive ketones (excluding diaryl/α,β-unsaturated/α-hetero) is 1. The minimum absolute atomic E-state index is 0.0149. The number of para-hydroxylation sites is 1. The lowest BCUT2D eigenvalue weighted by atomic mass is 9.91. The van der Waals surface area contributed by atoms with Crippen molar-refractivity contribution in [2.75, 3.05) is 13.1 Å². The highest BCUT2D eigenvalue weighted by Crippen LogP contribution is 2.32. The second-order valence-corrected chi connectivity index (χ2v) is 9.11. The van der Waals surface area contributed by atoms with Gasteiger partial charge in [0.2, 0.25) is 6.29 Å². The highest BCUT2D eigenvalue weighted by molar-refractivity contribution is 5.85. The number of piperidine rings is 1. The number of likely N-dealkylation sites (tertiary alicyclic amines) is 1. The highest BCUT2D eigenvalue weighted by atomic mass is 19.4. The monoisotopic (exact) mass is 478 g/mol. The molecule has 1 fully saturated rings. The summed E-state index contributed by atoms with van der Waals surface area (Å²) in [5, 5.41) is 10.4. The van der Waals surface area contributed by atoms with Crippen LogP contribution in [-0.2, 0) is 22.6 Å². The van der Waals surface area contributed by atoms with Gasteiger partial charge in [-0.25, -0.2) is 0 Å². The molecule has 1 atom stereocenters. The first-order valence-corrected chi connectivity index (χ1v) is 11.8. The number of alkyl halides is 3. The van der Waals surface area contributed by atoms with Crippen molar-refractivity contribution >= 4 is 12.1 Å². The molecule has 2 aromatic rings. The van der Waals surface area contributed by atoms with E-state index in [-0.39, 0.29) is 6.04 Å². The maximum atomic E-state index is 13.5. The molecule has 3 rings (SSSR count). The lowest BCUT2D eigenvalue weighted by Crippen LogP contribution is -2.60. The second kappa shape index (κ2) is 12.2. The normalized spacial score (nSPS) is 16.2. The minimum Gasteiger partial charge on any atom is -0.507 e. The summed E-state index contributed by atoms with van der Waals surface area (Å²) < 4.78 is 32.0. The summed E-state index contributed by atoms with van der Waals surface area (Å²) in [4.78, 5) is 22.3. The van der Waals surface area contributed by atoms with Crippen LogP contribution in [0.4, 0.5) is 13.2 Å². The van der Waals surface area contributed by atoms with Crippen LogP contribution in [0.15, 0.2) is 42.5 Å². The van der Waals surface area contributed by atoms with Gasteiger partial charge in [0.1, 0.15) is 18.3 Å². The standard InChI is InChI=1S/C25H33NO2.C2HF3O/c1-4-23(25(28)17-22-19(2)11-10-12-20(22)3)26(15-8-5-9-16-26)18-21-13-6-7-14-24(21)27;3-2(4,5)1-6/h6-7,10-14,23H,4-5,8-9,15-18H2,1-3H3;1H/p+1. The van der Waals surface area contributed by atoms with Crippen molar-refractivity contribution in [2.24, 2.45) is 0 Å². The molecule has 0 aliphatic carbocycles. The molecular weight excluding hydrogens is 443 g/mol. The topological polar surface area (TPSA) is 54.4 Å². The van der Waals surface area contributed by atoms with E-state index in [1.165, 1.54) is 23.1 Å². The first kappa shape index (κ1) is 27.6. The van der Waals surface area contributed by atoms with Crippen LogP contribution < -0.4 is 0 Å². The molecule has 34 heavy (non-hydrogen) atoms. The van der Waals surface area contributed by atoms with Gasteiger partial charge in [0.15, 0.2) is 5.78 Å². The zero-order valence-corrected chi connectivity index (χ0v) is 20.2. The van der Waals surface area contributed by atoms with Gasteiger partial charge in [-0.1, -0.05) is 37.3 Å². The van der Waals surface area contributed by atoms with Crippen molar-refractivity contribution < 1.29 is 32.3 Å². The molecule has 0 bridgehead atoms. The van der Waals surface area contributed by atoms with Crippen LogP contribution in [0.1, 0.15) is 54.9 Å². The molecule has 1 unspecified atom stereocenters. The Balaban J connectivity index is 0.000000604. The Morgan fingerprint density at radius 3 is 2.09 bits per heavy atom. The quantitative estimate of drug-likeness (QED) is 0.401. The molecule has 1 aliphatic rings. The number of aldehydes is 1. The Morgan fingerprint density at radius 2 is 1.59 bits per heavy atom. The van der Waals surface area contributed by atoms with E-state index in [9.17, 15) is 23.1 Å². The average Bonchev–Trinajstić information content (AvgIpc) is 2.79. The summed E-state index contributed by atoms with van der Waals surface area (Å²) in [5.41, 5.74) is 4.55. The highest BCUT2D eigenvalue weighted by Gasteiger charge is 2.42. The lowest BCUT2D eigenvalue weighted by molar-refractivity contribution is -0.959. The fourth-order valence-electron chi connectivity index (χ4n) is 5.05. The summed E-state index contributed by atoms with van der Waals surface area (Å²) in [6, 6.07) is 13.9. The Kier molecular flexibility index (Phi) is 9.86. The predicted octanol–water partition coefficient (Wildman–Crippen LogP) is 5.85. The lowest BCUT2D eigenvalue weighted by Gasteiger charge is -2.46. The Labute approximate surface area is 200 Å². The molecule has 0 aromatic heterocycles. The van der Waals surface area contributed by atoms with Crippen LogP contribution in [0.25, 0.3) is 0 Å². The fourth-order valence-corrected chi connectivity index (χ4v) is 5.05. The molecular formula is C27H35F3NO3+. The number of aromatic hydroxyl groups is 1. The van der Waals surface area contributed by atoms with Crippen LogP contribution >= 0.6 is 0 Å². The summed E-state index contributed by atoms with van der Waals surface area (Å²) >= 11 is 0. The van der Waals surface area contributed by atoms with Crippen molar-refractivity contribution in [2.45, 2.75) is 71.6 Å². The largest absolute Gasteiger partial charge is 0.507 e. The molecule has 2 aromatic carbocycles. The third kappa shape index (κ3) is 7.42. The molecule has 186 valence electrons. The number of halogens is 3. The van der Waals surface area contributed by atoms with Crippen molar-refractivity contribution in [3.63, 3.8) is 0 Å². The number of phenols is 1. The van der Waals surface area contributed by atoms with E-state index in [1.54, 1.807) is 6.07 Å². The van der Waals surface area contributed by atoms with E-state index in [2.05, 4.69) is 39.0 Å². The summed E-state index contributed by atoms with van der Waals surface area (Å²) in [6.45, 7) is 9.13. The second-order valence-electron chi connectivity index (χ2n) is 9.11. The van der Waals surface area contributed by atoms with Gasteiger partial charge in [0.25, 0.3) is 0 Å². The summed E-state index contributed by atoms with van der Waals surface area (Å²) in [7, 11) is 0. The number of ketones is 1. The van der Waals surface area contributed by atoms with Gasteiger partial charge in [0, 0.05) is 18.4 Å². The fraction of sp³-hybridized carbons (Fsp3) is 0.481. The third-order valence-electron chi connectivity index (χ3n) is 6.73.